The maximum atomic E-state index is 14.4. The number of benzene rings is 1. The zero-order valence-electron chi connectivity index (χ0n) is 14.4. The lowest BCUT2D eigenvalue weighted by molar-refractivity contribution is -0.143. The number of aromatic nitrogens is 1. The summed E-state index contributed by atoms with van der Waals surface area (Å²) >= 11 is 0. The molecule has 0 amide bonds. The fraction of sp³-hybridized carbons (Fsp3) is 0.250. The van der Waals surface area contributed by atoms with Crippen molar-refractivity contribution in [1.82, 2.24) is 10.3 Å². The van der Waals surface area contributed by atoms with Gasteiger partial charge in [-0.1, -0.05) is 18.2 Å². The highest BCUT2D eigenvalue weighted by molar-refractivity contribution is 6.01. The van der Waals surface area contributed by atoms with Crippen molar-refractivity contribution < 1.29 is 19.1 Å². The van der Waals surface area contributed by atoms with E-state index in [-0.39, 0.29) is 18.6 Å². The Morgan fingerprint density at radius 2 is 2.00 bits per heavy atom. The predicted molar refractivity (Wildman–Crippen MR) is 96.3 cm³/mol. The number of aliphatic carboxylic acids is 1. The van der Waals surface area contributed by atoms with Crippen molar-refractivity contribution in [2.24, 2.45) is 5.92 Å². The number of nitrogens with one attached hydrogen (secondary N) is 2. The Morgan fingerprint density at radius 1 is 1.22 bits per heavy atom. The molecule has 0 saturated carbocycles. The summed E-state index contributed by atoms with van der Waals surface area (Å²) in [7, 11) is 0. The van der Waals surface area contributed by atoms with Gasteiger partial charge in [-0.2, -0.15) is 0 Å². The van der Waals surface area contributed by atoms with Gasteiger partial charge in [0, 0.05) is 41.6 Å². The van der Waals surface area contributed by atoms with E-state index in [1.54, 1.807) is 6.07 Å². The van der Waals surface area contributed by atoms with Crippen LogP contribution in [0.2, 0.25) is 0 Å². The Kier molecular flexibility index (Phi) is 4.35. The first kappa shape index (κ1) is 17.2. The van der Waals surface area contributed by atoms with Crippen LogP contribution in [0.5, 0.6) is 0 Å². The molecular weight excluding hydrogens is 349 g/mol. The van der Waals surface area contributed by atoms with Crippen molar-refractivity contribution in [2.45, 2.75) is 24.9 Å². The maximum Gasteiger partial charge on any atom is 0.307 e. The van der Waals surface area contributed by atoms with Crippen LogP contribution in [-0.4, -0.2) is 27.9 Å². The molecule has 0 spiro atoms. The first-order valence-corrected chi connectivity index (χ1v) is 8.71. The van der Waals surface area contributed by atoms with Crippen LogP contribution in [0, 0.1) is 11.7 Å². The van der Waals surface area contributed by atoms with Crippen molar-refractivity contribution in [3.8, 4) is 0 Å². The minimum atomic E-state index is -0.997. The lowest BCUT2D eigenvalue weighted by Gasteiger charge is -2.25. The molecule has 1 aliphatic carbocycles. The summed E-state index contributed by atoms with van der Waals surface area (Å²) in [6.45, 7) is 0. The summed E-state index contributed by atoms with van der Waals surface area (Å²) in [6, 6.07) is 9.89. The number of carbonyl (C=O) groups is 2. The quantitative estimate of drug-likeness (QED) is 0.770. The minimum absolute atomic E-state index is 0.0473. The van der Waals surface area contributed by atoms with E-state index in [2.05, 4.69) is 15.6 Å². The van der Waals surface area contributed by atoms with Gasteiger partial charge in [-0.15, -0.1) is 0 Å². The molecule has 27 heavy (non-hydrogen) atoms. The number of hydrogen-bond donors (Lipinski definition) is 3. The Balaban J connectivity index is 1.74. The summed E-state index contributed by atoms with van der Waals surface area (Å²) in [6.07, 6.45) is 2.82. The van der Waals surface area contributed by atoms with E-state index in [1.165, 1.54) is 6.20 Å². The van der Waals surface area contributed by atoms with Crippen molar-refractivity contribution in [3.05, 3.63) is 71.4 Å². The Hall–Kier alpha value is -3.22. The van der Waals surface area contributed by atoms with Gasteiger partial charge < -0.3 is 15.7 Å². The third kappa shape index (κ3) is 3.16. The highest BCUT2D eigenvalue weighted by Gasteiger charge is 2.44. The number of pyridine rings is 1. The molecule has 0 bridgehead atoms. The standard InChI is InChI=1S/C20H18FN3O3/c21-14-10-22-7-6-13(14)18-19(23-12-4-2-1-3-5-12)17-15(24-18)8-11(20(26)27)9-16(17)25/h1-7,10-11,18-19,23-24H,8-9H2,(H,26,27)/t11-,18?,19?/m0/s1. The second kappa shape index (κ2) is 6.83. The van der Waals surface area contributed by atoms with E-state index < -0.39 is 29.8 Å². The number of halogens is 1. The topological polar surface area (TPSA) is 91.3 Å². The average Bonchev–Trinajstić information content (AvgIpc) is 3.01. The number of carbonyl (C=O) groups excluding carboxylic acids is 1. The molecule has 6 nitrogen and oxygen atoms in total. The van der Waals surface area contributed by atoms with Crippen molar-refractivity contribution in [2.75, 3.05) is 5.32 Å². The largest absolute Gasteiger partial charge is 0.481 e. The average molecular weight is 367 g/mol. The molecule has 3 N–H and O–H groups in total. The second-order valence-corrected chi connectivity index (χ2v) is 6.77. The number of hydrogen-bond acceptors (Lipinski definition) is 5. The summed E-state index contributed by atoms with van der Waals surface area (Å²) < 4.78 is 14.4. The van der Waals surface area contributed by atoms with Crippen LogP contribution in [-0.2, 0) is 9.59 Å². The molecule has 2 aromatic rings. The second-order valence-electron chi connectivity index (χ2n) is 6.77. The number of rotatable bonds is 4. The number of carboxylic acids is 1. The van der Waals surface area contributed by atoms with Crippen LogP contribution in [0.4, 0.5) is 10.1 Å². The number of para-hydroxylation sites is 1. The summed E-state index contributed by atoms with van der Waals surface area (Å²) in [5.41, 5.74) is 2.27. The van der Waals surface area contributed by atoms with Gasteiger partial charge in [-0.25, -0.2) is 4.39 Å². The SMILES string of the molecule is O=C1C[C@@H](C(=O)O)CC2=C1C(Nc1ccccc1)C(c1ccncc1F)N2. The number of nitrogens with zero attached hydrogens (tertiary/aromatic N) is 1. The smallest absolute Gasteiger partial charge is 0.307 e. The molecule has 4 rings (SSSR count). The number of Topliss-reactive ketones (excluding diaryl/α,β-unsaturated/α-hetero) is 1. The number of allylic oxidation sites excluding steroid dienone is 1. The number of carboxylic acid groups (broad SMARTS) is 1. The molecule has 2 unspecified atom stereocenters. The predicted octanol–water partition coefficient (Wildman–Crippen LogP) is 2.66. The van der Waals surface area contributed by atoms with Gasteiger partial charge in [0.15, 0.2) is 5.78 Å². The minimum Gasteiger partial charge on any atom is -0.481 e. The van der Waals surface area contributed by atoms with E-state index in [9.17, 15) is 19.1 Å². The molecule has 0 fully saturated rings. The molecular formula is C20H18FN3O3. The molecule has 138 valence electrons. The zero-order chi connectivity index (χ0) is 19.0. The number of ketones is 1. The highest BCUT2D eigenvalue weighted by atomic mass is 19.1. The van der Waals surface area contributed by atoms with Crippen LogP contribution in [0.15, 0.2) is 60.1 Å². The lowest BCUT2D eigenvalue weighted by atomic mass is 9.83. The van der Waals surface area contributed by atoms with Gasteiger partial charge >= 0.3 is 5.97 Å². The van der Waals surface area contributed by atoms with E-state index in [4.69, 9.17) is 0 Å². The van der Waals surface area contributed by atoms with Crippen LogP contribution in [0.3, 0.4) is 0 Å². The van der Waals surface area contributed by atoms with E-state index >= 15 is 0 Å². The third-order valence-electron chi connectivity index (χ3n) is 5.07. The van der Waals surface area contributed by atoms with Gasteiger partial charge in [-0.3, -0.25) is 14.6 Å². The summed E-state index contributed by atoms with van der Waals surface area (Å²) in [5.74, 6) is -2.46. The van der Waals surface area contributed by atoms with Crippen molar-refractivity contribution in [1.29, 1.82) is 0 Å². The first-order chi connectivity index (χ1) is 13.0. The Morgan fingerprint density at radius 3 is 2.70 bits per heavy atom. The van der Waals surface area contributed by atoms with Crippen molar-refractivity contribution >= 4 is 17.4 Å². The van der Waals surface area contributed by atoms with E-state index in [1.807, 2.05) is 30.3 Å². The molecule has 0 saturated heterocycles. The van der Waals surface area contributed by atoms with Crippen molar-refractivity contribution in [3.63, 3.8) is 0 Å². The maximum absolute atomic E-state index is 14.4. The summed E-state index contributed by atoms with van der Waals surface area (Å²) in [5, 5.41) is 15.8. The monoisotopic (exact) mass is 367 g/mol. The van der Waals surface area contributed by atoms with Gasteiger partial charge in [0.2, 0.25) is 0 Å². The normalized spacial score (nSPS) is 24.3. The molecule has 3 atom stereocenters. The molecule has 0 radical (unpaired) electrons. The Bertz CT molecular complexity index is 929. The van der Waals surface area contributed by atoms with Crippen LogP contribution < -0.4 is 10.6 Å². The molecule has 2 aliphatic rings. The summed E-state index contributed by atoms with van der Waals surface area (Å²) in [4.78, 5) is 27.9. The van der Waals surface area contributed by atoms with Gasteiger partial charge in [0.25, 0.3) is 0 Å². The molecule has 7 heteroatoms. The van der Waals surface area contributed by atoms with Gasteiger partial charge in [0.05, 0.1) is 24.2 Å². The fourth-order valence-corrected chi connectivity index (χ4v) is 3.81. The number of anilines is 1. The van der Waals surface area contributed by atoms with E-state index in [0.717, 1.165) is 11.9 Å². The highest BCUT2D eigenvalue weighted by Crippen LogP contribution is 2.40. The van der Waals surface area contributed by atoms with Crippen LogP contribution >= 0.6 is 0 Å². The molecule has 1 aliphatic heterocycles. The van der Waals surface area contributed by atoms with Gasteiger partial charge in [-0.05, 0) is 18.2 Å². The molecule has 1 aromatic heterocycles. The van der Waals surface area contributed by atoms with Crippen LogP contribution in [0.25, 0.3) is 0 Å². The fourth-order valence-electron chi connectivity index (χ4n) is 3.81. The van der Waals surface area contributed by atoms with Gasteiger partial charge in [0.1, 0.15) is 5.82 Å². The third-order valence-corrected chi connectivity index (χ3v) is 5.07. The first-order valence-electron chi connectivity index (χ1n) is 8.71. The molecule has 2 heterocycles. The molecule has 1 aromatic carbocycles. The van der Waals surface area contributed by atoms with Crippen LogP contribution in [0.1, 0.15) is 24.4 Å². The zero-order valence-corrected chi connectivity index (χ0v) is 14.4. The lowest BCUT2D eigenvalue weighted by Crippen LogP contribution is -2.33. The Labute approximate surface area is 155 Å². The van der Waals surface area contributed by atoms with E-state index in [0.29, 0.717) is 16.8 Å².